The van der Waals surface area contributed by atoms with Crippen LogP contribution in [0.3, 0.4) is 0 Å². The Bertz CT molecular complexity index is 721. The molecule has 0 amide bonds. The standard InChI is InChI=1S/C19H28N4O3/c1-6-20-19(22-12-18-23-13(2)14(3)26-18)21-10-9-15-7-8-16(24-4)17(11-15)25-5/h7-8,11H,6,9-10,12H2,1-5H3,(H2,20,21,22). The van der Waals surface area contributed by atoms with Gasteiger partial charge in [-0.3, -0.25) is 0 Å². The Labute approximate surface area is 154 Å². The van der Waals surface area contributed by atoms with Gasteiger partial charge in [-0.2, -0.15) is 0 Å². The second-order valence-corrected chi connectivity index (χ2v) is 5.81. The van der Waals surface area contributed by atoms with Crippen LogP contribution in [0.2, 0.25) is 0 Å². The molecule has 2 aromatic rings. The normalized spacial score (nSPS) is 11.3. The molecule has 1 heterocycles. The number of aromatic nitrogens is 1. The zero-order chi connectivity index (χ0) is 18.9. The van der Waals surface area contributed by atoms with E-state index < -0.39 is 0 Å². The van der Waals surface area contributed by atoms with Crippen molar-refractivity contribution in [1.29, 1.82) is 0 Å². The number of nitrogens with one attached hydrogen (secondary N) is 2. The van der Waals surface area contributed by atoms with E-state index in [0.717, 1.165) is 54.0 Å². The molecule has 0 saturated carbocycles. The van der Waals surface area contributed by atoms with Crippen LogP contribution >= 0.6 is 0 Å². The van der Waals surface area contributed by atoms with Gasteiger partial charge in [-0.15, -0.1) is 0 Å². The van der Waals surface area contributed by atoms with Crippen LogP contribution < -0.4 is 20.1 Å². The largest absolute Gasteiger partial charge is 0.493 e. The predicted molar refractivity (Wildman–Crippen MR) is 102 cm³/mol. The third-order valence-corrected chi connectivity index (χ3v) is 3.94. The van der Waals surface area contributed by atoms with E-state index in [4.69, 9.17) is 13.9 Å². The zero-order valence-corrected chi connectivity index (χ0v) is 16.2. The molecule has 0 aliphatic carbocycles. The molecule has 1 aromatic carbocycles. The molecule has 7 nitrogen and oxygen atoms in total. The number of hydrogen-bond donors (Lipinski definition) is 2. The van der Waals surface area contributed by atoms with Crippen molar-refractivity contribution in [3.8, 4) is 11.5 Å². The number of aryl methyl sites for hydroxylation is 2. The minimum absolute atomic E-state index is 0.403. The average Bonchev–Trinajstić information content (AvgIpc) is 2.97. The molecule has 2 rings (SSSR count). The highest BCUT2D eigenvalue weighted by Crippen LogP contribution is 2.27. The predicted octanol–water partition coefficient (Wildman–Crippen LogP) is 2.61. The van der Waals surface area contributed by atoms with E-state index in [1.165, 1.54) is 0 Å². The van der Waals surface area contributed by atoms with E-state index in [2.05, 4.69) is 20.6 Å². The Kier molecular flexibility index (Phi) is 7.32. The van der Waals surface area contributed by atoms with Gasteiger partial charge in [0.1, 0.15) is 12.3 Å². The number of rotatable bonds is 8. The van der Waals surface area contributed by atoms with Gasteiger partial charge in [0.05, 0.1) is 19.9 Å². The maximum absolute atomic E-state index is 5.56. The van der Waals surface area contributed by atoms with Gasteiger partial charge in [-0.25, -0.2) is 9.98 Å². The number of oxazole rings is 1. The molecule has 7 heteroatoms. The summed E-state index contributed by atoms with van der Waals surface area (Å²) in [7, 11) is 3.27. The molecular weight excluding hydrogens is 332 g/mol. The molecule has 142 valence electrons. The molecule has 2 N–H and O–H groups in total. The van der Waals surface area contributed by atoms with Crippen molar-refractivity contribution in [3.63, 3.8) is 0 Å². The Hall–Kier alpha value is -2.70. The van der Waals surface area contributed by atoms with Gasteiger partial charge in [-0.05, 0) is 44.9 Å². The molecule has 0 atom stereocenters. The summed E-state index contributed by atoms with van der Waals surface area (Å²) in [5.74, 6) is 3.66. The van der Waals surface area contributed by atoms with E-state index in [0.29, 0.717) is 12.4 Å². The second-order valence-electron chi connectivity index (χ2n) is 5.81. The molecular formula is C19H28N4O3. The first-order valence-corrected chi connectivity index (χ1v) is 8.73. The van der Waals surface area contributed by atoms with Crippen LogP contribution in [-0.4, -0.2) is 38.3 Å². The Morgan fingerprint density at radius 2 is 1.92 bits per heavy atom. The molecule has 0 saturated heterocycles. The maximum Gasteiger partial charge on any atom is 0.216 e. The first kappa shape index (κ1) is 19.6. The number of benzene rings is 1. The lowest BCUT2D eigenvalue weighted by atomic mass is 10.1. The van der Waals surface area contributed by atoms with Gasteiger partial charge < -0.3 is 24.5 Å². The van der Waals surface area contributed by atoms with Crippen LogP contribution in [0, 0.1) is 13.8 Å². The first-order chi connectivity index (χ1) is 12.6. The van der Waals surface area contributed by atoms with Crippen molar-refractivity contribution in [2.75, 3.05) is 27.3 Å². The minimum atomic E-state index is 0.403. The zero-order valence-electron chi connectivity index (χ0n) is 16.2. The lowest BCUT2D eigenvalue weighted by Crippen LogP contribution is -2.38. The first-order valence-electron chi connectivity index (χ1n) is 8.73. The summed E-state index contributed by atoms with van der Waals surface area (Å²) in [5, 5.41) is 6.55. The monoisotopic (exact) mass is 360 g/mol. The van der Waals surface area contributed by atoms with E-state index in [9.17, 15) is 0 Å². The van der Waals surface area contributed by atoms with E-state index in [1.807, 2.05) is 39.0 Å². The van der Waals surface area contributed by atoms with Crippen molar-refractivity contribution in [2.24, 2.45) is 4.99 Å². The molecule has 0 aliphatic heterocycles. The summed E-state index contributed by atoms with van der Waals surface area (Å²) >= 11 is 0. The Balaban J connectivity index is 1.92. The highest BCUT2D eigenvalue weighted by Gasteiger charge is 2.07. The number of ether oxygens (including phenoxy) is 2. The fourth-order valence-corrected chi connectivity index (χ4v) is 2.46. The minimum Gasteiger partial charge on any atom is -0.493 e. The number of aliphatic imine (C=N–C) groups is 1. The smallest absolute Gasteiger partial charge is 0.216 e. The molecule has 0 spiro atoms. The Morgan fingerprint density at radius 3 is 2.54 bits per heavy atom. The lowest BCUT2D eigenvalue weighted by Gasteiger charge is -2.12. The lowest BCUT2D eigenvalue weighted by molar-refractivity contribution is 0.354. The number of guanidine groups is 1. The fourth-order valence-electron chi connectivity index (χ4n) is 2.46. The second kappa shape index (κ2) is 9.70. The molecule has 26 heavy (non-hydrogen) atoms. The summed E-state index contributed by atoms with van der Waals surface area (Å²) in [4.78, 5) is 8.87. The van der Waals surface area contributed by atoms with Crippen LogP contribution in [-0.2, 0) is 13.0 Å². The van der Waals surface area contributed by atoms with Crippen molar-refractivity contribution >= 4 is 5.96 Å². The van der Waals surface area contributed by atoms with Gasteiger partial charge in [0.2, 0.25) is 5.89 Å². The Morgan fingerprint density at radius 1 is 1.15 bits per heavy atom. The summed E-state index contributed by atoms with van der Waals surface area (Å²) in [5.41, 5.74) is 2.06. The van der Waals surface area contributed by atoms with Crippen LogP contribution in [0.1, 0.15) is 29.8 Å². The van der Waals surface area contributed by atoms with Crippen molar-refractivity contribution in [1.82, 2.24) is 15.6 Å². The SMILES string of the molecule is CCNC(=NCc1nc(C)c(C)o1)NCCc1ccc(OC)c(OC)c1. The number of methoxy groups -OCH3 is 2. The molecule has 0 fully saturated rings. The molecule has 0 aliphatic rings. The molecule has 1 aromatic heterocycles. The average molecular weight is 360 g/mol. The number of hydrogen-bond acceptors (Lipinski definition) is 5. The van der Waals surface area contributed by atoms with Crippen LogP contribution in [0.4, 0.5) is 0 Å². The van der Waals surface area contributed by atoms with E-state index in [1.54, 1.807) is 14.2 Å². The fraction of sp³-hybridized carbons (Fsp3) is 0.474. The summed E-state index contributed by atoms with van der Waals surface area (Å²) in [6.07, 6.45) is 0.835. The highest BCUT2D eigenvalue weighted by atomic mass is 16.5. The van der Waals surface area contributed by atoms with Gasteiger partial charge >= 0.3 is 0 Å². The maximum atomic E-state index is 5.56. The number of nitrogens with zero attached hydrogens (tertiary/aromatic N) is 2. The summed E-state index contributed by atoms with van der Waals surface area (Å²) in [6.45, 7) is 7.79. The van der Waals surface area contributed by atoms with Gasteiger partial charge in [0.25, 0.3) is 0 Å². The third kappa shape index (κ3) is 5.40. The van der Waals surface area contributed by atoms with Gasteiger partial charge in [0.15, 0.2) is 17.5 Å². The van der Waals surface area contributed by atoms with Crippen LogP contribution in [0.15, 0.2) is 27.6 Å². The van der Waals surface area contributed by atoms with E-state index >= 15 is 0 Å². The molecule has 0 unspecified atom stereocenters. The van der Waals surface area contributed by atoms with E-state index in [-0.39, 0.29) is 0 Å². The van der Waals surface area contributed by atoms with Crippen LogP contribution in [0.25, 0.3) is 0 Å². The van der Waals surface area contributed by atoms with Crippen LogP contribution in [0.5, 0.6) is 11.5 Å². The summed E-state index contributed by atoms with van der Waals surface area (Å²) in [6, 6.07) is 5.94. The third-order valence-electron chi connectivity index (χ3n) is 3.94. The van der Waals surface area contributed by atoms with Crippen molar-refractivity contribution in [2.45, 2.75) is 33.7 Å². The topological polar surface area (TPSA) is 80.9 Å². The van der Waals surface area contributed by atoms with Crippen molar-refractivity contribution in [3.05, 3.63) is 41.1 Å². The van der Waals surface area contributed by atoms with Gasteiger partial charge in [0, 0.05) is 13.1 Å². The molecule has 0 radical (unpaired) electrons. The van der Waals surface area contributed by atoms with Gasteiger partial charge in [-0.1, -0.05) is 6.07 Å². The highest BCUT2D eigenvalue weighted by molar-refractivity contribution is 5.79. The summed E-state index contributed by atoms with van der Waals surface area (Å²) < 4.78 is 16.2. The molecule has 0 bridgehead atoms. The quantitative estimate of drug-likeness (QED) is 0.556. The van der Waals surface area contributed by atoms with Crippen molar-refractivity contribution < 1.29 is 13.9 Å².